The van der Waals surface area contributed by atoms with Crippen molar-refractivity contribution in [1.29, 1.82) is 10.5 Å². The summed E-state index contributed by atoms with van der Waals surface area (Å²) in [6.07, 6.45) is 0.556. The molecule has 2 atom stereocenters. The largest absolute Gasteiger partial charge is 0.372 e. The van der Waals surface area contributed by atoms with Crippen LogP contribution in [0.2, 0.25) is 0 Å². The Kier molecular flexibility index (Phi) is 7.34. The molecule has 1 saturated heterocycles. The first-order chi connectivity index (χ1) is 12.7. The van der Waals surface area contributed by atoms with Gasteiger partial charge in [-0.2, -0.15) is 10.5 Å². The van der Waals surface area contributed by atoms with Crippen LogP contribution < -0.4 is 10.6 Å². The minimum atomic E-state index is -0.309. The molecule has 0 unspecified atom stereocenters. The second-order valence-electron chi connectivity index (χ2n) is 6.12. The lowest BCUT2D eigenvalue weighted by Crippen LogP contribution is -2.35. The van der Waals surface area contributed by atoms with Gasteiger partial charge in [-0.25, -0.2) is 0 Å². The zero-order chi connectivity index (χ0) is 18.4. The number of hydrogen-bond donors (Lipinski definition) is 2. The minimum absolute atomic E-state index is 0. The lowest BCUT2D eigenvalue weighted by atomic mass is 10.1. The maximum absolute atomic E-state index is 12.3. The summed E-state index contributed by atoms with van der Waals surface area (Å²) in [5.74, 6) is -0.112. The molecule has 1 fully saturated rings. The van der Waals surface area contributed by atoms with Crippen molar-refractivity contribution in [3.05, 3.63) is 65.2 Å². The number of benzene rings is 2. The SMILES string of the molecule is Cl.N#Cc1ccc(CO[C@H]2CN[C@H](C(=O)Nc3ccc(C#N)cc3)C2)cc1. The van der Waals surface area contributed by atoms with Gasteiger partial charge >= 0.3 is 0 Å². The van der Waals surface area contributed by atoms with Gasteiger partial charge in [0.2, 0.25) is 5.91 Å². The first kappa shape index (κ1) is 20.4. The fourth-order valence-electron chi connectivity index (χ4n) is 2.78. The molecule has 0 radical (unpaired) electrons. The maximum Gasteiger partial charge on any atom is 0.241 e. The molecule has 3 rings (SSSR count). The van der Waals surface area contributed by atoms with Gasteiger partial charge in [-0.05, 0) is 48.4 Å². The topological polar surface area (TPSA) is 97.9 Å². The van der Waals surface area contributed by atoms with Crippen LogP contribution in [0, 0.1) is 22.7 Å². The standard InChI is InChI=1S/C20H18N4O2.ClH/c21-10-14-1-3-16(4-2-14)13-26-18-9-19(23-12-18)20(25)24-17-7-5-15(11-22)6-8-17;/h1-8,18-19,23H,9,12-13H2,(H,24,25);1H/t18-,19+;/m1./s1. The Balaban J connectivity index is 0.00000261. The monoisotopic (exact) mass is 382 g/mol. The Morgan fingerprint density at radius 3 is 2.26 bits per heavy atom. The van der Waals surface area contributed by atoms with Crippen LogP contribution in [-0.4, -0.2) is 24.6 Å². The predicted octanol–water partition coefficient (Wildman–Crippen LogP) is 2.74. The number of carbonyl (C=O) groups is 1. The molecule has 0 aliphatic carbocycles. The zero-order valence-corrected chi connectivity index (χ0v) is 15.3. The van der Waals surface area contributed by atoms with Crippen LogP contribution in [0.4, 0.5) is 5.69 Å². The summed E-state index contributed by atoms with van der Waals surface area (Å²) in [5, 5.41) is 23.6. The summed E-state index contributed by atoms with van der Waals surface area (Å²) >= 11 is 0. The average molecular weight is 383 g/mol. The van der Waals surface area contributed by atoms with Crippen molar-refractivity contribution in [2.45, 2.75) is 25.2 Å². The van der Waals surface area contributed by atoms with E-state index in [1.54, 1.807) is 36.4 Å². The molecule has 2 aromatic rings. The van der Waals surface area contributed by atoms with Crippen LogP contribution >= 0.6 is 12.4 Å². The van der Waals surface area contributed by atoms with Crippen LogP contribution in [0.3, 0.4) is 0 Å². The summed E-state index contributed by atoms with van der Waals surface area (Å²) < 4.78 is 5.86. The Morgan fingerprint density at radius 2 is 1.67 bits per heavy atom. The van der Waals surface area contributed by atoms with Crippen molar-refractivity contribution < 1.29 is 9.53 Å². The second-order valence-corrected chi connectivity index (χ2v) is 6.12. The van der Waals surface area contributed by atoms with Gasteiger partial charge in [-0.3, -0.25) is 4.79 Å². The normalized spacial score (nSPS) is 18.0. The van der Waals surface area contributed by atoms with Crippen LogP contribution in [0.1, 0.15) is 23.1 Å². The number of nitrogens with one attached hydrogen (secondary N) is 2. The van der Waals surface area contributed by atoms with Crippen molar-refractivity contribution >= 4 is 24.0 Å². The van der Waals surface area contributed by atoms with Gasteiger partial charge in [0.25, 0.3) is 0 Å². The molecule has 0 spiro atoms. The number of hydrogen-bond acceptors (Lipinski definition) is 5. The van der Waals surface area contributed by atoms with E-state index in [0.717, 1.165) is 5.56 Å². The van der Waals surface area contributed by atoms with E-state index in [1.165, 1.54) is 0 Å². The highest BCUT2D eigenvalue weighted by molar-refractivity contribution is 5.95. The number of halogens is 1. The van der Waals surface area contributed by atoms with Crippen LogP contribution in [0.15, 0.2) is 48.5 Å². The number of nitrogens with zero attached hydrogens (tertiary/aromatic N) is 2. The molecule has 6 nitrogen and oxygen atoms in total. The average Bonchev–Trinajstić information content (AvgIpc) is 3.16. The molecule has 1 aliphatic rings. The molecule has 1 aliphatic heterocycles. The Hall–Kier alpha value is -2.90. The van der Waals surface area contributed by atoms with Crippen molar-refractivity contribution in [2.75, 3.05) is 11.9 Å². The van der Waals surface area contributed by atoms with E-state index in [0.29, 0.717) is 36.4 Å². The highest BCUT2D eigenvalue weighted by Gasteiger charge is 2.30. The quantitative estimate of drug-likeness (QED) is 0.828. The lowest BCUT2D eigenvalue weighted by Gasteiger charge is -2.12. The lowest BCUT2D eigenvalue weighted by molar-refractivity contribution is -0.118. The fraction of sp³-hybridized carbons (Fsp3) is 0.250. The van der Waals surface area contributed by atoms with Crippen LogP contribution in [0.5, 0.6) is 0 Å². The molecule has 138 valence electrons. The molecule has 27 heavy (non-hydrogen) atoms. The first-order valence-corrected chi connectivity index (χ1v) is 8.33. The molecule has 1 amide bonds. The summed E-state index contributed by atoms with van der Waals surface area (Å²) in [4.78, 5) is 12.3. The summed E-state index contributed by atoms with van der Waals surface area (Å²) in [6, 6.07) is 17.9. The molecule has 2 aromatic carbocycles. The fourth-order valence-corrected chi connectivity index (χ4v) is 2.78. The van der Waals surface area contributed by atoms with Gasteiger partial charge < -0.3 is 15.4 Å². The molecule has 0 aromatic heterocycles. The Labute approximate surface area is 164 Å². The van der Waals surface area contributed by atoms with E-state index in [-0.39, 0.29) is 30.5 Å². The summed E-state index contributed by atoms with van der Waals surface area (Å²) in [7, 11) is 0. The van der Waals surface area contributed by atoms with E-state index >= 15 is 0 Å². The van der Waals surface area contributed by atoms with E-state index in [2.05, 4.69) is 16.7 Å². The van der Waals surface area contributed by atoms with Crippen LogP contribution in [0.25, 0.3) is 0 Å². The zero-order valence-electron chi connectivity index (χ0n) is 14.5. The third-order valence-electron chi connectivity index (χ3n) is 4.26. The Bertz CT molecular complexity index is 854. The van der Waals surface area contributed by atoms with Crippen molar-refractivity contribution in [3.63, 3.8) is 0 Å². The Morgan fingerprint density at radius 1 is 1.07 bits per heavy atom. The number of rotatable bonds is 5. The molecular weight excluding hydrogens is 364 g/mol. The highest BCUT2D eigenvalue weighted by atomic mass is 35.5. The smallest absolute Gasteiger partial charge is 0.241 e. The van der Waals surface area contributed by atoms with E-state index < -0.39 is 0 Å². The molecule has 1 heterocycles. The van der Waals surface area contributed by atoms with Gasteiger partial charge in [0.1, 0.15) is 0 Å². The van der Waals surface area contributed by atoms with E-state index in [4.69, 9.17) is 15.3 Å². The summed E-state index contributed by atoms with van der Waals surface area (Å²) in [6.45, 7) is 1.06. The van der Waals surface area contributed by atoms with Crippen LogP contribution in [-0.2, 0) is 16.1 Å². The number of amides is 1. The van der Waals surface area contributed by atoms with Crippen molar-refractivity contribution in [2.24, 2.45) is 0 Å². The van der Waals surface area contributed by atoms with Gasteiger partial charge in [0, 0.05) is 12.2 Å². The summed E-state index contributed by atoms with van der Waals surface area (Å²) in [5.41, 5.74) is 2.83. The first-order valence-electron chi connectivity index (χ1n) is 8.33. The molecule has 7 heteroatoms. The maximum atomic E-state index is 12.3. The molecular formula is C20H19ClN4O2. The third kappa shape index (κ3) is 5.54. The van der Waals surface area contributed by atoms with E-state index in [9.17, 15) is 4.79 Å². The molecule has 2 N–H and O–H groups in total. The number of ether oxygens (including phenoxy) is 1. The third-order valence-corrected chi connectivity index (χ3v) is 4.26. The highest BCUT2D eigenvalue weighted by Crippen LogP contribution is 2.16. The molecule has 0 saturated carbocycles. The van der Waals surface area contributed by atoms with Crippen molar-refractivity contribution in [3.8, 4) is 12.1 Å². The number of nitriles is 2. The van der Waals surface area contributed by atoms with Gasteiger partial charge in [0.05, 0.1) is 42.0 Å². The van der Waals surface area contributed by atoms with Gasteiger partial charge in [-0.15, -0.1) is 12.4 Å². The van der Waals surface area contributed by atoms with Gasteiger partial charge in [0.15, 0.2) is 0 Å². The number of anilines is 1. The predicted molar refractivity (Wildman–Crippen MR) is 103 cm³/mol. The van der Waals surface area contributed by atoms with E-state index in [1.807, 2.05) is 18.2 Å². The second kappa shape index (κ2) is 9.70. The minimum Gasteiger partial charge on any atom is -0.372 e. The van der Waals surface area contributed by atoms with Crippen molar-refractivity contribution in [1.82, 2.24) is 5.32 Å². The van der Waals surface area contributed by atoms with Gasteiger partial charge in [-0.1, -0.05) is 12.1 Å². The number of carbonyl (C=O) groups excluding carboxylic acids is 1. The molecule has 0 bridgehead atoms.